The van der Waals surface area contributed by atoms with Crippen LogP contribution in [0.15, 0.2) is 96.1 Å². The Labute approximate surface area is 278 Å². The molecule has 0 saturated heterocycles. The van der Waals surface area contributed by atoms with Gasteiger partial charge in [-0.05, 0) is 83.0 Å². The molecule has 1 aliphatic heterocycles. The Morgan fingerprint density at radius 2 is 1.87 bits per heavy atom. The first-order valence-corrected chi connectivity index (χ1v) is 15.8. The third kappa shape index (κ3) is 5.67. The lowest BCUT2D eigenvalue weighted by molar-refractivity contribution is 0.174. The van der Waals surface area contributed by atoms with E-state index < -0.39 is 0 Å². The normalized spacial score (nSPS) is 12.4. The number of hydrogen-bond donors (Lipinski definition) is 0. The van der Waals surface area contributed by atoms with Crippen LogP contribution >= 0.6 is 43.5 Å². The van der Waals surface area contributed by atoms with Crippen LogP contribution in [0.4, 0.5) is 0 Å². The summed E-state index contributed by atoms with van der Waals surface area (Å²) in [5, 5.41) is 6.14. The zero-order valence-electron chi connectivity index (χ0n) is 23.6. The van der Waals surface area contributed by atoms with Gasteiger partial charge in [-0.25, -0.2) is 4.98 Å². The molecular formula is C33H22Br2ClN3O6. The molecule has 4 aromatic carbocycles. The van der Waals surface area contributed by atoms with Crippen molar-refractivity contribution in [1.82, 2.24) is 9.66 Å². The largest absolute Gasteiger partial charge is 0.490 e. The van der Waals surface area contributed by atoms with Crippen LogP contribution in [-0.4, -0.2) is 29.3 Å². The molecule has 0 N–H and O–H groups in total. The minimum atomic E-state index is -0.357. The monoisotopic (exact) mass is 749 g/mol. The van der Waals surface area contributed by atoms with Crippen molar-refractivity contribution in [3.63, 3.8) is 0 Å². The fraction of sp³-hybridized carbons (Fsp3) is 0.121. The molecule has 0 radical (unpaired) electrons. The van der Waals surface area contributed by atoms with E-state index in [2.05, 4.69) is 37.0 Å². The molecule has 1 aliphatic rings. The number of benzene rings is 4. The summed E-state index contributed by atoms with van der Waals surface area (Å²) in [5.41, 5.74) is 2.24. The molecule has 0 saturated carbocycles. The van der Waals surface area contributed by atoms with Crippen molar-refractivity contribution < 1.29 is 23.4 Å². The summed E-state index contributed by atoms with van der Waals surface area (Å²) in [6, 6.07) is 21.9. The molecular weight excluding hydrogens is 730 g/mol. The van der Waals surface area contributed by atoms with Crippen molar-refractivity contribution in [3.05, 3.63) is 108 Å². The maximum absolute atomic E-state index is 13.7. The average molecular weight is 752 g/mol. The van der Waals surface area contributed by atoms with Gasteiger partial charge in [-0.1, -0.05) is 45.7 Å². The predicted octanol–water partition coefficient (Wildman–Crippen LogP) is 8.58. The lowest BCUT2D eigenvalue weighted by Gasteiger charge is -2.16. The van der Waals surface area contributed by atoms with Gasteiger partial charge >= 0.3 is 0 Å². The number of aromatic nitrogens is 2. The van der Waals surface area contributed by atoms with E-state index in [-0.39, 0.29) is 29.8 Å². The molecule has 3 heterocycles. The molecule has 9 nitrogen and oxygen atoms in total. The van der Waals surface area contributed by atoms with Crippen LogP contribution in [-0.2, 0) is 6.61 Å². The van der Waals surface area contributed by atoms with Gasteiger partial charge in [-0.3, -0.25) is 4.79 Å². The number of halogens is 3. The third-order valence-corrected chi connectivity index (χ3v) is 8.98. The zero-order chi connectivity index (χ0) is 31.1. The van der Waals surface area contributed by atoms with Crippen LogP contribution in [0.1, 0.15) is 18.1 Å². The van der Waals surface area contributed by atoms with E-state index in [1.807, 2.05) is 55.5 Å². The number of para-hydroxylation sites is 1. The van der Waals surface area contributed by atoms with Crippen LogP contribution in [0.3, 0.4) is 0 Å². The first-order valence-electron chi connectivity index (χ1n) is 13.8. The molecule has 6 aromatic rings. The van der Waals surface area contributed by atoms with Crippen LogP contribution < -0.4 is 24.5 Å². The van der Waals surface area contributed by atoms with E-state index in [0.717, 1.165) is 15.4 Å². The minimum Gasteiger partial charge on any atom is -0.490 e. The second kappa shape index (κ2) is 12.2. The summed E-state index contributed by atoms with van der Waals surface area (Å²) < 4.78 is 31.7. The summed E-state index contributed by atoms with van der Waals surface area (Å²) in [4.78, 5) is 18.5. The molecule has 0 spiro atoms. The van der Waals surface area contributed by atoms with Crippen molar-refractivity contribution in [2.24, 2.45) is 5.10 Å². The molecule has 0 fully saturated rings. The van der Waals surface area contributed by atoms with E-state index >= 15 is 0 Å². The first-order chi connectivity index (χ1) is 21.9. The Kier molecular flexibility index (Phi) is 7.99. The molecule has 7 rings (SSSR count). The quantitative estimate of drug-likeness (QED) is 0.144. The number of furan rings is 1. The van der Waals surface area contributed by atoms with E-state index in [1.54, 1.807) is 24.3 Å². The highest BCUT2D eigenvalue weighted by atomic mass is 79.9. The highest BCUT2D eigenvalue weighted by Crippen LogP contribution is 2.43. The Bertz CT molecular complexity index is 2200. The Hall–Kier alpha value is -4.32. The summed E-state index contributed by atoms with van der Waals surface area (Å²) in [5.74, 6) is 2.77. The van der Waals surface area contributed by atoms with Gasteiger partial charge in [0.05, 0.1) is 23.7 Å². The fourth-order valence-electron chi connectivity index (χ4n) is 4.92. The van der Waals surface area contributed by atoms with Gasteiger partial charge in [0.1, 0.15) is 17.2 Å². The number of rotatable bonds is 8. The number of hydrogen-bond acceptors (Lipinski definition) is 8. The smallest absolute Gasteiger partial charge is 0.282 e. The van der Waals surface area contributed by atoms with Crippen molar-refractivity contribution in [2.75, 3.05) is 13.4 Å². The predicted molar refractivity (Wildman–Crippen MR) is 179 cm³/mol. The number of nitrogens with zero attached hydrogens (tertiary/aromatic N) is 3. The van der Waals surface area contributed by atoms with Gasteiger partial charge in [-0.15, -0.1) is 0 Å². The molecule has 0 atom stereocenters. The summed E-state index contributed by atoms with van der Waals surface area (Å²) in [6.45, 7) is 2.64. The van der Waals surface area contributed by atoms with Gasteiger partial charge in [0.25, 0.3) is 5.56 Å². The maximum Gasteiger partial charge on any atom is 0.282 e. The van der Waals surface area contributed by atoms with Crippen LogP contribution in [0.5, 0.6) is 23.0 Å². The van der Waals surface area contributed by atoms with Crippen LogP contribution in [0.2, 0.25) is 5.02 Å². The highest BCUT2D eigenvalue weighted by Gasteiger charge is 2.20. The van der Waals surface area contributed by atoms with Crippen molar-refractivity contribution >= 4 is 71.5 Å². The van der Waals surface area contributed by atoms with Gasteiger partial charge < -0.3 is 23.4 Å². The van der Waals surface area contributed by atoms with Crippen molar-refractivity contribution in [2.45, 2.75) is 13.5 Å². The second-order valence-electron chi connectivity index (χ2n) is 9.94. The van der Waals surface area contributed by atoms with Gasteiger partial charge in [0.15, 0.2) is 28.8 Å². The molecule has 0 aliphatic carbocycles. The minimum absolute atomic E-state index is 0.190. The Balaban J connectivity index is 1.28. The molecule has 0 unspecified atom stereocenters. The van der Waals surface area contributed by atoms with Gasteiger partial charge in [0, 0.05) is 19.9 Å². The summed E-state index contributed by atoms with van der Waals surface area (Å²) in [7, 11) is 0. The summed E-state index contributed by atoms with van der Waals surface area (Å²) >= 11 is 13.9. The van der Waals surface area contributed by atoms with E-state index in [1.165, 1.54) is 10.9 Å². The topological polar surface area (TPSA) is 97.3 Å². The van der Waals surface area contributed by atoms with E-state index in [9.17, 15) is 4.79 Å². The lowest BCUT2D eigenvalue weighted by atomic mass is 10.2. The zero-order valence-corrected chi connectivity index (χ0v) is 27.5. The lowest BCUT2D eigenvalue weighted by Crippen LogP contribution is -2.20. The van der Waals surface area contributed by atoms with E-state index in [4.69, 9.17) is 39.9 Å². The Morgan fingerprint density at radius 3 is 2.73 bits per heavy atom. The van der Waals surface area contributed by atoms with Crippen molar-refractivity contribution in [3.8, 4) is 34.6 Å². The van der Waals surface area contributed by atoms with Crippen molar-refractivity contribution in [1.29, 1.82) is 0 Å². The molecule has 2 aromatic heterocycles. The van der Waals surface area contributed by atoms with Crippen LogP contribution in [0.25, 0.3) is 33.5 Å². The van der Waals surface area contributed by atoms with Gasteiger partial charge in [-0.2, -0.15) is 9.78 Å². The standard InChI is InChI=1S/C33H22Br2ClN3O6/c1-2-41-27-14-20(29(35)30(36)31(27)42-16-18-7-9-25-26(11-18)44-17-43-25)15-37-39-32(38-23-6-4-3-5-22(23)33(39)40)28-13-19-12-21(34)8-10-24(19)45-28/h3-15H,2,16-17H2,1H3. The van der Waals surface area contributed by atoms with Crippen LogP contribution in [0, 0.1) is 0 Å². The van der Waals surface area contributed by atoms with E-state index in [0.29, 0.717) is 61.9 Å². The third-order valence-electron chi connectivity index (χ3n) is 7.04. The molecule has 0 amide bonds. The fourth-order valence-corrected chi connectivity index (χ4v) is 5.95. The number of fused-ring (bicyclic) bond motifs is 3. The van der Waals surface area contributed by atoms with Gasteiger partial charge in [0.2, 0.25) is 12.6 Å². The second-order valence-corrected chi connectivity index (χ2v) is 12.0. The molecule has 0 bridgehead atoms. The SMILES string of the molecule is CCOc1cc(C=Nn2c(-c3cc4cc(Br)ccc4o3)nc3ccccc3c2=O)c(Br)c(Cl)c1OCc1ccc2c(c1)OCO2. The molecule has 45 heavy (non-hydrogen) atoms. The Morgan fingerprint density at radius 1 is 1.02 bits per heavy atom. The molecule has 226 valence electrons. The average Bonchev–Trinajstić information content (AvgIpc) is 3.69. The maximum atomic E-state index is 13.7. The molecule has 12 heteroatoms. The first kappa shape index (κ1) is 29.4. The highest BCUT2D eigenvalue weighted by molar-refractivity contribution is 9.10. The summed E-state index contributed by atoms with van der Waals surface area (Å²) in [6.07, 6.45) is 1.51. The number of ether oxygens (including phenoxy) is 4.